The SMILES string of the molecule is CCCCCCCCCCCCCCC(=O)O[C@H](COC(=O)CCCCCCCCC(C)CC)COP(=O)(O)OC[C@@H](O)COP(=O)(O)OC[C@@H](COC(=O)CCCCCCC)OC(=O)CCCCCCCCC(C)CC. The number of phosphoric ester groups is 2. The van der Waals surface area contributed by atoms with Crippen LogP contribution in [0.1, 0.15) is 279 Å². The molecule has 0 aliphatic heterocycles. The zero-order chi connectivity index (χ0) is 57.3. The van der Waals surface area contributed by atoms with Crippen LogP contribution in [0, 0.1) is 11.8 Å². The molecule has 0 aliphatic rings. The fourth-order valence-electron chi connectivity index (χ4n) is 8.41. The monoisotopic (exact) mass is 1140 g/mol. The topological polar surface area (TPSA) is 237 Å². The van der Waals surface area contributed by atoms with Crippen molar-refractivity contribution in [3.05, 3.63) is 0 Å². The first-order valence-corrected chi connectivity index (χ1v) is 33.6. The Bertz CT molecular complexity index is 1540. The maximum absolute atomic E-state index is 12.9. The summed E-state index contributed by atoms with van der Waals surface area (Å²) in [6, 6.07) is 0. The second-order valence-corrected chi connectivity index (χ2v) is 24.4. The first-order valence-electron chi connectivity index (χ1n) is 30.6. The number of phosphoric acid groups is 2. The van der Waals surface area contributed by atoms with Crippen molar-refractivity contribution < 1.29 is 80.2 Å². The number of aliphatic hydroxyl groups excluding tert-OH is 1. The van der Waals surface area contributed by atoms with Crippen LogP contribution in [0.3, 0.4) is 0 Å². The largest absolute Gasteiger partial charge is 0.472 e. The van der Waals surface area contributed by atoms with Gasteiger partial charge in [-0.1, -0.05) is 228 Å². The lowest BCUT2D eigenvalue weighted by Gasteiger charge is -2.21. The Morgan fingerprint density at radius 3 is 0.922 bits per heavy atom. The van der Waals surface area contributed by atoms with Crippen LogP contribution in [0.4, 0.5) is 0 Å². The molecular formula is C58H112O17P2. The van der Waals surface area contributed by atoms with Gasteiger partial charge in [0.25, 0.3) is 0 Å². The Labute approximate surface area is 467 Å². The minimum absolute atomic E-state index is 0.102. The molecule has 0 fully saturated rings. The summed E-state index contributed by atoms with van der Waals surface area (Å²) in [5.41, 5.74) is 0. The van der Waals surface area contributed by atoms with Gasteiger partial charge in [-0.05, 0) is 37.5 Å². The van der Waals surface area contributed by atoms with Crippen molar-refractivity contribution in [2.75, 3.05) is 39.6 Å². The van der Waals surface area contributed by atoms with Crippen molar-refractivity contribution in [1.82, 2.24) is 0 Å². The first-order chi connectivity index (χ1) is 36.9. The summed E-state index contributed by atoms with van der Waals surface area (Å²) in [6.45, 7) is 9.26. The highest BCUT2D eigenvalue weighted by atomic mass is 31.2. The Kier molecular flexibility index (Phi) is 49.7. The number of esters is 4. The number of carbonyl (C=O) groups excluding carboxylic acids is 4. The third kappa shape index (κ3) is 50.7. The van der Waals surface area contributed by atoms with Crippen LogP contribution in [-0.4, -0.2) is 96.7 Å². The van der Waals surface area contributed by atoms with E-state index in [1.807, 2.05) is 0 Å². The molecule has 456 valence electrons. The normalized spacial score (nSPS) is 15.2. The third-order valence-corrected chi connectivity index (χ3v) is 15.8. The molecule has 0 aliphatic carbocycles. The lowest BCUT2D eigenvalue weighted by molar-refractivity contribution is -0.161. The molecule has 77 heavy (non-hydrogen) atoms. The molecule has 0 rings (SSSR count). The molecule has 19 heteroatoms. The minimum Gasteiger partial charge on any atom is -0.462 e. The molecule has 0 amide bonds. The maximum atomic E-state index is 12.9. The van der Waals surface area contributed by atoms with Crippen LogP contribution in [0.2, 0.25) is 0 Å². The number of hydrogen-bond acceptors (Lipinski definition) is 15. The molecule has 0 spiro atoms. The molecule has 3 N–H and O–H groups in total. The van der Waals surface area contributed by atoms with E-state index >= 15 is 0 Å². The van der Waals surface area contributed by atoms with Gasteiger partial charge in [-0.2, -0.15) is 0 Å². The number of hydrogen-bond donors (Lipinski definition) is 3. The number of rotatable bonds is 57. The quantitative estimate of drug-likeness (QED) is 0.0222. The summed E-state index contributed by atoms with van der Waals surface area (Å²) in [7, 11) is -9.87. The number of carbonyl (C=O) groups is 4. The molecule has 0 heterocycles. The van der Waals surface area contributed by atoms with Crippen molar-refractivity contribution in [1.29, 1.82) is 0 Å². The predicted octanol–water partition coefficient (Wildman–Crippen LogP) is 15.3. The number of unbranched alkanes of at least 4 members (excludes halogenated alkanes) is 25. The fraction of sp³-hybridized carbons (Fsp3) is 0.931. The molecule has 0 saturated carbocycles. The van der Waals surface area contributed by atoms with Crippen LogP contribution >= 0.6 is 15.6 Å². The Morgan fingerprint density at radius 1 is 0.364 bits per heavy atom. The van der Waals surface area contributed by atoms with Crippen molar-refractivity contribution >= 4 is 39.5 Å². The van der Waals surface area contributed by atoms with E-state index in [0.717, 1.165) is 115 Å². The zero-order valence-corrected chi connectivity index (χ0v) is 51.0. The summed E-state index contributed by atoms with van der Waals surface area (Å²) in [5, 5.41) is 10.5. The zero-order valence-electron chi connectivity index (χ0n) is 49.2. The van der Waals surface area contributed by atoms with E-state index in [4.69, 9.17) is 37.0 Å². The molecule has 4 unspecified atom stereocenters. The van der Waals surface area contributed by atoms with Crippen LogP contribution < -0.4 is 0 Å². The van der Waals surface area contributed by atoms with Gasteiger partial charge in [0.1, 0.15) is 19.3 Å². The second kappa shape index (κ2) is 51.0. The molecule has 0 radical (unpaired) electrons. The van der Waals surface area contributed by atoms with E-state index in [2.05, 4.69) is 41.5 Å². The van der Waals surface area contributed by atoms with E-state index in [0.29, 0.717) is 25.7 Å². The van der Waals surface area contributed by atoms with E-state index < -0.39 is 97.5 Å². The van der Waals surface area contributed by atoms with Crippen LogP contribution in [0.25, 0.3) is 0 Å². The van der Waals surface area contributed by atoms with E-state index in [1.54, 1.807) is 0 Å². The summed E-state index contributed by atoms with van der Waals surface area (Å²) < 4.78 is 67.5. The number of ether oxygens (including phenoxy) is 4. The average molecular weight is 1140 g/mol. The molecule has 0 aromatic rings. The summed E-state index contributed by atoms with van der Waals surface area (Å²) in [4.78, 5) is 71.7. The van der Waals surface area contributed by atoms with Crippen LogP contribution in [0.15, 0.2) is 0 Å². The molecule has 0 aromatic carbocycles. The Morgan fingerprint density at radius 2 is 0.623 bits per heavy atom. The van der Waals surface area contributed by atoms with E-state index in [9.17, 15) is 43.2 Å². The van der Waals surface area contributed by atoms with E-state index in [1.165, 1.54) is 83.5 Å². The molecule has 0 aromatic heterocycles. The lowest BCUT2D eigenvalue weighted by atomic mass is 10.00. The molecule has 0 bridgehead atoms. The van der Waals surface area contributed by atoms with Gasteiger partial charge >= 0.3 is 39.5 Å². The van der Waals surface area contributed by atoms with Gasteiger partial charge < -0.3 is 33.8 Å². The van der Waals surface area contributed by atoms with Gasteiger partial charge in [0.2, 0.25) is 0 Å². The third-order valence-electron chi connectivity index (χ3n) is 13.9. The molecule has 0 saturated heterocycles. The highest BCUT2D eigenvalue weighted by molar-refractivity contribution is 7.47. The van der Waals surface area contributed by atoms with Crippen molar-refractivity contribution in [2.45, 2.75) is 297 Å². The second-order valence-electron chi connectivity index (χ2n) is 21.5. The van der Waals surface area contributed by atoms with Gasteiger partial charge in [-0.25, -0.2) is 9.13 Å². The van der Waals surface area contributed by atoms with Gasteiger partial charge in [0.15, 0.2) is 12.2 Å². The Balaban J connectivity index is 5.20. The van der Waals surface area contributed by atoms with Gasteiger partial charge in [-0.3, -0.25) is 37.3 Å². The number of aliphatic hydroxyl groups is 1. The van der Waals surface area contributed by atoms with Gasteiger partial charge in [0, 0.05) is 25.7 Å². The van der Waals surface area contributed by atoms with Crippen molar-refractivity contribution in [2.24, 2.45) is 11.8 Å². The first kappa shape index (κ1) is 75.1. The van der Waals surface area contributed by atoms with Crippen molar-refractivity contribution in [3.63, 3.8) is 0 Å². The average Bonchev–Trinajstić information content (AvgIpc) is 3.40. The van der Waals surface area contributed by atoms with Crippen LogP contribution in [0.5, 0.6) is 0 Å². The lowest BCUT2D eigenvalue weighted by Crippen LogP contribution is -2.30. The molecular weight excluding hydrogens is 1030 g/mol. The van der Waals surface area contributed by atoms with Crippen LogP contribution in [-0.2, 0) is 65.4 Å². The predicted molar refractivity (Wildman–Crippen MR) is 303 cm³/mol. The van der Waals surface area contributed by atoms with Gasteiger partial charge in [0.05, 0.1) is 26.4 Å². The highest BCUT2D eigenvalue weighted by Gasteiger charge is 2.30. The standard InChI is InChI=1S/C58H112O17P2/c1-7-11-13-15-16-17-18-19-20-21-30-36-42-57(62)74-54(47-69-56(61)41-35-29-24-22-27-32-38-50(5)9-3)49-73-77(66,67)71-45-52(59)44-70-76(64,65)72-48-53(46-68-55(60)40-34-26-14-12-8-2)75-58(63)43-37-31-25-23-28-33-39-51(6)10-4/h50-54,59H,7-49H2,1-6H3,(H,64,65)(H,66,67)/t50?,51?,52-,53+,54+/m0/s1. The highest BCUT2D eigenvalue weighted by Crippen LogP contribution is 2.45. The maximum Gasteiger partial charge on any atom is 0.472 e. The summed E-state index contributed by atoms with van der Waals surface area (Å²) in [5.74, 6) is -0.704. The summed E-state index contributed by atoms with van der Waals surface area (Å²) in [6.07, 6.45) is 31.1. The Hall–Kier alpha value is -1.94. The summed E-state index contributed by atoms with van der Waals surface area (Å²) >= 11 is 0. The van der Waals surface area contributed by atoms with Gasteiger partial charge in [-0.15, -0.1) is 0 Å². The fourth-order valence-corrected chi connectivity index (χ4v) is 9.99. The smallest absolute Gasteiger partial charge is 0.462 e. The molecule has 7 atom stereocenters. The van der Waals surface area contributed by atoms with E-state index in [-0.39, 0.29) is 25.7 Å². The minimum atomic E-state index is -4.94. The van der Waals surface area contributed by atoms with Crippen molar-refractivity contribution in [3.8, 4) is 0 Å². The molecule has 17 nitrogen and oxygen atoms in total.